The first-order valence-electron chi connectivity index (χ1n) is 5.49. The van der Waals surface area contributed by atoms with E-state index in [1.54, 1.807) is 0 Å². The molecule has 0 aliphatic carbocycles. The summed E-state index contributed by atoms with van der Waals surface area (Å²) in [5.74, 6) is -0.810. The minimum Gasteiger partial charge on any atom is -0.480 e. The highest BCUT2D eigenvalue weighted by atomic mass is 16.5. The summed E-state index contributed by atoms with van der Waals surface area (Å²) in [5.41, 5.74) is -0.924. The van der Waals surface area contributed by atoms with Gasteiger partial charge in [-0.25, -0.2) is 14.8 Å². The van der Waals surface area contributed by atoms with E-state index in [1.165, 1.54) is 12.3 Å². The Morgan fingerprint density at radius 1 is 1.56 bits per heavy atom. The van der Waals surface area contributed by atoms with E-state index in [9.17, 15) is 9.90 Å². The van der Waals surface area contributed by atoms with Crippen LogP contribution >= 0.6 is 0 Å². The number of carboxylic acid groups (broad SMARTS) is 1. The lowest BCUT2D eigenvalue weighted by Gasteiger charge is -2.33. The lowest BCUT2D eigenvalue weighted by Crippen LogP contribution is -2.50. The number of hydrogen-bond donors (Lipinski definition) is 2. The van der Waals surface area contributed by atoms with Crippen molar-refractivity contribution in [3.8, 4) is 6.07 Å². The number of aliphatic carboxylic acids is 1. The normalized spacial score (nSPS) is 17.7. The molecule has 0 bridgehead atoms. The van der Waals surface area contributed by atoms with Crippen LogP contribution in [0, 0.1) is 11.3 Å². The van der Waals surface area contributed by atoms with Crippen molar-refractivity contribution in [2.24, 2.45) is 0 Å². The quantitative estimate of drug-likeness (QED) is 0.796. The van der Waals surface area contributed by atoms with E-state index < -0.39 is 11.5 Å². The number of nitriles is 1. The van der Waals surface area contributed by atoms with E-state index in [-0.39, 0.29) is 11.6 Å². The molecular weight excluding hydrogens is 236 g/mol. The summed E-state index contributed by atoms with van der Waals surface area (Å²) in [7, 11) is 0. The molecule has 2 N–H and O–H groups in total. The van der Waals surface area contributed by atoms with Gasteiger partial charge in [-0.3, -0.25) is 0 Å². The van der Waals surface area contributed by atoms with Gasteiger partial charge in [-0.1, -0.05) is 0 Å². The highest BCUT2D eigenvalue weighted by Crippen LogP contribution is 2.24. The Balaban J connectivity index is 2.23. The smallest absolute Gasteiger partial charge is 0.329 e. The molecule has 94 valence electrons. The Morgan fingerprint density at radius 3 is 2.89 bits per heavy atom. The summed E-state index contributed by atoms with van der Waals surface area (Å²) in [4.78, 5) is 19.3. The van der Waals surface area contributed by atoms with E-state index in [0.29, 0.717) is 26.1 Å². The molecule has 1 aromatic rings. The summed E-state index contributed by atoms with van der Waals surface area (Å²) in [6, 6.07) is 3.34. The van der Waals surface area contributed by atoms with Gasteiger partial charge in [0.15, 0.2) is 0 Å². The minimum atomic E-state index is -1.12. The predicted octanol–water partition coefficient (Wildman–Crippen LogP) is 0.394. The summed E-state index contributed by atoms with van der Waals surface area (Å²) in [6.07, 6.45) is 2.09. The van der Waals surface area contributed by atoms with Gasteiger partial charge in [0.1, 0.15) is 17.3 Å². The Labute approximate surface area is 103 Å². The highest BCUT2D eigenvalue weighted by Gasteiger charge is 2.40. The Hall–Kier alpha value is -2.20. The summed E-state index contributed by atoms with van der Waals surface area (Å²) < 4.78 is 5.16. The van der Waals surface area contributed by atoms with E-state index in [2.05, 4.69) is 15.3 Å². The zero-order valence-electron chi connectivity index (χ0n) is 9.59. The van der Waals surface area contributed by atoms with Crippen molar-refractivity contribution in [3.63, 3.8) is 0 Å². The molecule has 2 rings (SSSR count). The minimum absolute atomic E-state index is 0.151. The van der Waals surface area contributed by atoms with Crippen LogP contribution < -0.4 is 5.32 Å². The van der Waals surface area contributed by atoms with Gasteiger partial charge in [-0.2, -0.15) is 5.26 Å². The number of nitrogens with one attached hydrogen (secondary N) is 1. The van der Waals surface area contributed by atoms with Crippen molar-refractivity contribution in [1.29, 1.82) is 5.26 Å². The fraction of sp³-hybridized carbons (Fsp3) is 0.455. The molecule has 0 unspecified atom stereocenters. The first-order valence-corrected chi connectivity index (χ1v) is 5.49. The lowest BCUT2D eigenvalue weighted by atomic mass is 9.90. The Bertz CT molecular complexity index is 491. The molecule has 7 heteroatoms. The number of ether oxygens (including phenoxy) is 1. The maximum atomic E-state index is 11.4. The van der Waals surface area contributed by atoms with Crippen LogP contribution in [0.3, 0.4) is 0 Å². The van der Waals surface area contributed by atoms with Crippen LogP contribution in [-0.2, 0) is 9.53 Å². The zero-order valence-corrected chi connectivity index (χ0v) is 9.59. The summed E-state index contributed by atoms with van der Waals surface area (Å²) in [6.45, 7) is 0.745. The third-order valence-corrected chi connectivity index (χ3v) is 2.88. The van der Waals surface area contributed by atoms with Crippen molar-refractivity contribution in [3.05, 3.63) is 18.0 Å². The third kappa shape index (κ3) is 2.38. The summed E-state index contributed by atoms with van der Waals surface area (Å²) in [5, 5.41) is 20.9. The van der Waals surface area contributed by atoms with Crippen LogP contribution in [0.5, 0.6) is 0 Å². The second kappa shape index (κ2) is 4.98. The molecule has 0 radical (unpaired) electrons. The lowest BCUT2D eigenvalue weighted by molar-refractivity contribution is -0.145. The topological polar surface area (TPSA) is 108 Å². The first kappa shape index (κ1) is 12.3. The maximum absolute atomic E-state index is 11.4. The number of nitrogens with zero attached hydrogens (tertiary/aromatic N) is 3. The molecule has 0 aromatic carbocycles. The molecule has 0 atom stereocenters. The average Bonchev–Trinajstić information content (AvgIpc) is 2.40. The predicted molar refractivity (Wildman–Crippen MR) is 60.8 cm³/mol. The zero-order chi connectivity index (χ0) is 13.0. The van der Waals surface area contributed by atoms with Gasteiger partial charge in [0.25, 0.3) is 0 Å². The SMILES string of the molecule is N#Cc1ccnc(NC2(C(=O)O)CCOCC2)n1. The van der Waals surface area contributed by atoms with Gasteiger partial charge >= 0.3 is 5.97 Å². The van der Waals surface area contributed by atoms with Crippen molar-refractivity contribution >= 4 is 11.9 Å². The number of carboxylic acids is 1. The molecule has 0 amide bonds. The van der Waals surface area contributed by atoms with Gasteiger partial charge < -0.3 is 15.2 Å². The van der Waals surface area contributed by atoms with Gasteiger partial charge in [0.05, 0.1) is 0 Å². The van der Waals surface area contributed by atoms with E-state index in [4.69, 9.17) is 10.00 Å². The maximum Gasteiger partial charge on any atom is 0.329 e. The molecular formula is C11H12N4O3. The van der Waals surface area contributed by atoms with Crippen molar-refractivity contribution in [2.75, 3.05) is 18.5 Å². The molecule has 1 fully saturated rings. The molecule has 1 aromatic heterocycles. The highest BCUT2D eigenvalue weighted by molar-refractivity contribution is 5.82. The molecule has 0 spiro atoms. The monoisotopic (exact) mass is 248 g/mol. The van der Waals surface area contributed by atoms with Crippen LogP contribution in [-0.4, -0.2) is 39.8 Å². The van der Waals surface area contributed by atoms with Crippen molar-refractivity contribution in [2.45, 2.75) is 18.4 Å². The van der Waals surface area contributed by atoms with Crippen LogP contribution in [0.25, 0.3) is 0 Å². The molecule has 0 saturated carbocycles. The molecule has 1 aliphatic rings. The van der Waals surface area contributed by atoms with E-state index in [0.717, 1.165) is 0 Å². The van der Waals surface area contributed by atoms with Gasteiger partial charge in [0.2, 0.25) is 5.95 Å². The molecule has 1 saturated heterocycles. The number of hydrogen-bond acceptors (Lipinski definition) is 6. The molecule has 7 nitrogen and oxygen atoms in total. The van der Waals surface area contributed by atoms with E-state index in [1.807, 2.05) is 6.07 Å². The van der Waals surface area contributed by atoms with Gasteiger partial charge in [-0.05, 0) is 6.07 Å². The van der Waals surface area contributed by atoms with Crippen LogP contribution in [0.2, 0.25) is 0 Å². The number of rotatable bonds is 3. The van der Waals surface area contributed by atoms with Crippen LogP contribution in [0.1, 0.15) is 18.5 Å². The molecule has 2 heterocycles. The van der Waals surface area contributed by atoms with Gasteiger partial charge in [-0.15, -0.1) is 0 Å². The standard InChI is InChI=1S/C11H12N4O3/c12-7-8-1-4-13-10(14-8)15-11(9(16)17)2-5-18-6-3-11/h1,4H,2-3,5-6H2,(H,16,17)(H,13,14,15). The number of anilines is 1. The fourth-order valence-electron chi connectivity index (χ4n) is 1.81. The second-order valence-corrected chi connectivity index (χ2v) is 4.00. The third-order valence-electron chi connectivity index (χ3n) is 2.88. The van der Waals surface area contributed by atoms with Gasteiger partial charge in [0, 0.05) is 32.3 Å². The van der Waals surface area contributed by atoms with Crippen molar-refractivity contribution in [1.82, 2.24) is 9.97 Å². The Kier molecular flexibility index (Phi) is 3.39. The molecule has 1 aliphatic heterocycles. The number of aromatic nitrogens is 2. The van der Waals surface area contributed by atoms with Crippen LogP contribution in [0.15, 0.2) is 12.3 Å². The van der Waals surface area contributed by atoms with Crippen molar-refractivity contribution < 1.29 is 14.6 Å². The van der Waals surface area contributed by atoms with E-state index >= 15 is 0 Å². The molecule has 18 heavy (non-hydrogen) atoms. The fourth-order valence-corrected chi connectivity index (χ4v) is 1.81. The largest absolute Gasteiger partial charge is 0.480 e. The number of carbonyl (C=O) groups is 1. The summed E-state index contributed by atoms with van der Waals surface area (Å²) >= 11 is 0. The first-order chi connectivity index (χ1) is 8.66. The Morgan fingerprint density at radius 2 is 2.28 bits per heavy atom. The second-order valence-electron chi connectivity index (χ2n) is 4.00. The van der Waals surface area contributed by atoms with Crippen LogP contribution in [0.4, 0.5) is 5.95 Å². The average molecular weight is 248 g/mol.